The summed E-state index contributed by atoms with van der Waals surface area (Å²) in [6, 6.07) is 0. The Labute approximate surface area is 160 Å². The number of rotatable bonds is 4. The predicted molar refractivity (Wildman–Crippen MR) is 96.8 cm³/mol. The van der Waals surface area contributed by atoms with E-state index in [2.05, 4.69) is 0 Å². The zero-order chi connectivity index (χ0) is 20.0. The molecule has 0 saturated heterocycles. The van der Waals surface area contributed by atoms with Crippen LogP contribution in [0.3, 0.4) is 0 Å². The third kappa shape index (κ3) is 3.43. The molecule has 0 aliphatic heterocycles. The molecule has 3 rings (SSSR count). The summed E-state index contributed by atoms with van der Waals surface area (Å²) in [7, 11) is 0. The largest absolute Gasteiger partial charge is 0.481 e. The highest BCUT2D eigenvalue weighted by atomic mass is 16.5. The van der Waals surface area contributed by atoms with Crippen molar-refractivity contribution in [3.63, 3.8) is 0 Å². The molecule has 0 unspecified atom stereocenters. The smallest absolute Gasteiger partial charge is 0.303 e. The third-order valence-corrected chi connectivity index (χ3v) is 7.74. The average molecular weight is 378 g/mol. The lowest BCUT2D eigenvalue weighted by Crippen LogP contribution is -2.52. The van der Waals surface area contributed by atoms with Crippen LogP contribution in [-0.4, -0.2) is 34.7 Å². The van der Waals surface area contributed by atoms with Gasteiger partial charge in [-0.15, -0.1) is 0 Å². The summed E-state index contributed by atoms with van der Waals surface area (Å²) in [5.74, 6) is -1.09. The number of hydrogen-bond donors (Lipinski definition) is 1. The van der Waals surface area contributed by atoms with E-state index in [9.17, 15) is 24.3 Å². The highest BCUT2D eigenvalue weighted by Gasteiger charge is 2.59. The zero-order valence-corrected chi connectivity index (χ0v) is 16.5. The van der Waals surface area contributed by atoms with Gasteiger partial charge < -0.3 is 9.84 Å². The quantitative estimate of drug-likeness (QED) is 0.755. The lowest BCUT2D eigenvalue weighted by atomic mass is 9.51. The van der Waals surface area contributed by atoms with E-state index in [-0.39, 0.29) is 54.2 Å². The molecule has 3 saturated carbocycles. The third-order valence-electron chi connectivity index (χ3n) is 7.74. The topological polar surface area (TPSA) is 97.7 Å². The van der Waals surface area contributed by atoms with Crippen molar-refractivity contribution < 1.29 is 29.0 Å². The van der Waals surface area contributed by atoms with Gasteiger partial charge in [0.25, 0.3) is 0 Å². The van der Waals surface area contributed by atoms with Gasteiger partial charge in [0.15, 0.2) is 0 Å². The van der Waals surface area contributed by atoms with Crippen LogP contribution < -0.4 is 0 Å². The molecule has 3 aliphatic rings. The minimum Gasteiger partial charge on any atom is -0.481 e. The fourth-order valence-corrected chi connectivity index (χ4v) is 6.21. The first-order valence-corrected chi connectivity index (χ1v) is 10.0. The number of ether oxygens (including phenoxy) is 1. The molecule has 0 radical (unpaired) electrons. The zero-order valence-electron chi connectivity index (χ0n) is 16.5. The van der Waals surface area contributed by atoms with E-state index in [1.807, 2.05) is 13.8 Å². The van der Waals surface area contributed by atoms with E-state index in [0.29, 0.717) is 25.7 Å². The maximum absolute atomic E-state index is 13.1. The Morgan fingerprint density at radius 3 is 2.22 bits per heavy atom. The summed E-state index contributed by atoms with van der Waals surface area (Å²) in [6.45, 7) is 5.29. The van der Waals surface area contributed by atoms with Crippen molar-refractivity contribution in [1.29, 1.82) is 0 Å². The Morgan fingerprint density at radius 2 is 1.63 bits per heavy atom. The van der Waals surface area contributed by atoms with Crippen molar-refractivity contribution in [2.45, 2.75) is 78.2 Å². The highest BCUT2D eigenvalue weighted by molar-refractivity contribution is 5.88. The van der Waals surface area contributed by atoms with Crippen molar-refractivity contribution in [3.05, 3.63) is 0 Å². The lowest BCUT2D eigenvalue weighted by molar-refractivity contribution is -0.159. The van der Waals surface area contributed by atoms with Crippen LogP contribution in [0.1, 0.15) is 72.1 Å². The molecule has 0 aromatic heterocycles. The van der Waals surface area contributed by atoms with Crippen LogP contribution in [0.4, 0.5) is 0 Å². The van der Waals surface area contributed by atoms with Crippen molar-refractivity contribution in [1.82, 2.24) is 0 Å². The van der Waals surface area contributed by atoms with Crippen molar-refractivity contribution in [2.75, 3.05) is 0 Å². The van der Waals surface area contributed by atoms with Crippen LogP contribution in [0.2, 0.25) is 0 Å². The molecule has 0 aromatic carbocycles. The van der Waals surface area contributed by atoms with Crippen molar-refractivity contribution >= 4 is 23.5 Å². The van der Waals surface area contributed by atoms with Gasteiger partial charge in [-0.25, -0.2) is 0 Å². The van der Waals surface area contributed by atoms with Gasteiger partial charge >= 0.3 is 11.9 Å². The molecule has 6 heteroatoms. The molecule has 0 heterocycles. The Balaban J connectivity index is 1.86. The summed E-state index contributed by atoms with van der Waals surface area (Å²) in [5.41, 5.74) is -1.05. The number of ketones is 2. The van der Waals surface area contributed by atoms with Crippen LogP contribution in [-0.2, 0) is 23.9 Å². The number of Topliss-reactive ketones (excluding diaryl/α,β-unsaturated/α-hetero) is 2. The lowest BCUT2D eigenvalue weighted by Gasteiger charge is -2.52. The molecule has 0 amide bonds. The molecule has 3 aliphatic carbocycles. The number of carboxylic acid groups (broad SMARTS) is 1. The van der Waals surface area contributed by atoms with Gasteiger partial charge in [-0.3, -0.25) is 19.2 Å². The molecule has 27 heavy (non-hydrogen) atoms. The minimum atomic E-state index is -0.863. The number of carbonyl (C=O) groups is 4. The van der Waals surface area contributed by atoms with Crippen LogP contribution >= 0.6 is 0 Å². The molecule has 6 atom stereocenters. The van der Waals surface area contributed by atoms with Gasteiger partial charge in [0, 0.05) is 37.0 Å². The first kappa shape index (κ1) is 20.0. The Kier molecular flexibility index (Phi) is 5.21. The second-order valence-corrected chi connectivity index (χ2v) is 9.21. The van der Waals surface area contributed by atoms with E-state index in [1.165, 1.54) is 6.92 Å². The molecule has 1 N–H and O–H groups in total. The summed E-state index contributed by atoms with van der Waals surface area (Å²) in [4.78, 5) is 48.4. The first-order chi connectivity index (χ1) is 12.6. The molecule has 0 spiro atoms. The highest BCUT2D eigenvalue weighted by Crippen LogP contribution is 2.60. The summed E-state index contributed by atoms with van der Waals surface area (Å²) < 4.78 is 5.23. The number of aliphatic carboxylic acids is 1. The predicted octanol–water partition coefficient (Wildman–Crippen LogP) is 3.16. The average Bonchev–Trinajstić information content (AvgIpc) is 2.86. The molecule has 150 valence electrons. The molecule has 3 fully saturated rings. The van der Waals surface area contributed by atoms with Gasteiger partial charge in [0.1, 0.15) is 17.7 Å². The monoisotopic (exact) mass is 378 g/mol. The van der Waals surface area contributed by atoms with Crippen LogP contribution in [0.15, 0.2) is 0 Å². The maximum atomic E-state index is 13.1. The second kappa shape index (κ2) is 7.02. The fraction of sp³-hybridized carbons (Fsp3) is 0.810. The fourth-order valence-electron chi connectivity index (χ4n) is 6.21. The molecule has 0 aromatic rings. The minimum absolute atomic E-state index is 0.00838. The van der Waals surface area contributed by atoms with Crippen LogP contribution in [0.25, 0.3) is 0 Å². The number of hydrogen-bond acceptors (Lipinski definition) is 5. The summed E-state index contributed by atoms with van der Waals surface area (Å²) >= 11 is 0. The molecule has 0 bridgehead atoms. The van der Waals surface area contributed by atoms with Gasteiger partial charge in [0.2, 0.25) is 0 Å². The second-order valence-electron chi connectivity index (χ2n) is 9.21. The number of carbonyl (C=O) groups excluding carboxylic acids is 3. The van der Waals surface area contributed by atoms with Gasteiger partial charge in [-0.05, 0) is 49.9 Å². The summed E-state index contributed by atoms with van der Waals surface area (Å²) in [5, 5.41) is 9.52. The SMILES string of the molecule is CC(=O)O[C@H]1CC[C@](C)([C@H]2CC[C@]3(C)C(=O)CC[C@H]3[C@@H]2CC(=O)O)C(=O)C1. The number of esters is 1. The Bertz CT molecular complexity index is 670. The molecular formula is C21H30O6. The Morgan fingerprint density at radius 1 is 1.04 bits per heavy atom. The summed E-state index contributed by atoms with van der Waals surface area (Å²) in [6.07, 6.45) is 3.74. The van der Waals surface area contributed by atoms with Crippen LogP contribution in [0, 0.1) is 28.6 Å². The van der Waals surface area contributed by atoms with E-state index >= 15 is 0 Å². The van der Waals surface area contributed by atoms with Crippen LogP contribution in [0.5, 0.6) is 0 Å². The first-order valence-electron chi connectivity index (χ1n) is 10.0. The van der Waals surface area contributed by atoms with E-state index in [1.54, 1.807) is 0 Å². The Hall–Kier alpha value is -1.72. The standard InChI is InChI=1S/C21H30O6/c1-12(22)27-13-6-8-21(3,18(24)10-13)16-7-9-20(2)15(4-5-17(20)23)14(16)11-19(25)26/h13-16H,4-11H2,1-3H3,(H,25,26)/t13-,14-,15-,16-,20-,21+/m0/s1. The van der Waals surface area contributed by atoms with E-state index < -0.39 is 16.8 Å². The van der Waals surface area contributed by atoms with E-state index in [0.717, 1.165) is 12.8 Å². The van der Waals surface area contributed by atoms with Crippen molar-refractivity contribution in [3.8, 4) is 0 Å². The van der Waals surface area contributed by atoms with Gasteiger partial charge in [0.05, 0.1) is 0 Å². The molecule has 6 nitrogen and oxygen atoms in total. The maximum Gasteiger partial charge on any atom is 0.303 e. The van der Waals surface area contributed by atoms with Crippen molar-refractivity contribution in [2.24, 2.45) is 28.6 Å². The number of carboxylic acids is 1. The molecular weight excluding hydrogens is 348 g/mol. The normalized spacial score (nSPS) is 41.9. The van der Waals surface area contributed by atoms with E-state index in [4.69, 9.17) is 4.74 Å². The van der Waals surface area contributed by atoms with Gasteiger partial charge in [-0.2, -0.15) is 0 Å². The number of fused-ring (bicyclic) bond motifs is 1. The van der Waals surface area contributed by atoms with Gasteiger partial charge in [-0.1, -0.05) is 13.8 Å².